The standard InChI is InChI=1S/C11H12Br2ClNO/c1-7(12)4-5-15-11(16)9-3-2-8(14)6-10(9)13/h2-3,6-7H,4-5H2,1H3,(H,15,16). The lowest BCUT2D eigenvalue weighted by atomic mass is 10.2. The number of benzene rings is 1. The van der Waals surface area contributed by atoms with Gasteiger partial charge in [-0.25, -0.2) is 0 Å². The van der Waals surface area contributed by atoms with Crippen LogP contribution in [0.3, 0.4) is 0 Å². The van der Waals surface area contributed by atoms with Crippen molar-refractivity contribution in [2.24, 2.45) is 0 Å². The van der Waals surface area contributed by atoms with Crippen molar-refractivity contribution < 1.29 is 4.79 Å². The van der Waals surface area contributed by atoms with E-state index in [0.717, 1.165) is 6.42 Å². The molecule has 0 fully saturated rings. The second-order valence-corrected chi connectivity index (χ2v) is 6.30. The zero-order chi connectivity index (χ0) is 12.1. The molecule has 0 aliphatic heterocycles. The minimum absolute atomic E-state index is 0.0864. The molecule has 1 aromatic rings. The number of hydrogen-bond acceptors (Lipinski definition) is 1. The van der Waals surface area contributed by atoms with E-state index in [0.29, 0.717) is 26.4 Å². The van der Waals surface area contributed by atoms with E-state index in [1.807, 2.05) is 6.92 Å². The molecule has 1 amide bonds. The van der Waals surface area contributed by atoms with Crippen molar-refractivity contribution in [1.29, 1.82) is 0 Å². The van der Waals surface area contributed by atoms with Crippen LogP contribution >= 0.6 is 43.5 Å². The highest BCUT2D eigenvalue weighted by molar-refractivity contribution is 9.10. The molecule has 0 saturated heterocycles. The van der Waals surface area contributed by atoms with Crippen molar-refractivity contribution in [1.82, 2.24) is 5.32 Å². The maximum Gasteiger partial charge on any atom is 0.252 e. The molecule has 5 heteroatoms. The van der Waals surface area contributed by atoms with Gasteiger partial charge in [0.1, 0.15) is 0 Å². The molecular formula is C11H12Br2ClNO. The summed E-state index contributed by atoms with van der Waals surface area (Å²) >= 11 is 12.5. The third kappa shape index (κ3) is 4.44. The lowest BCUT2D eigenvalue weighted by Crippen LogP contribution is -2.25. The van der Waals surface area contributed by atoms with Crippen molar-refractivity contribution in [2.45, 2.75) is 18.2 Å². The molecular weight excluding hydrogens is 357 g/mol. The van der Waals surface area contributed by atoms with E-state index in [-0.39, 0.29) is 5.91 Å². The van der Waals surface area contributed by atoms with Crippen LogP contribution < -0.4 is 5.32 Å². The van der Waals surface area contributed by atoms with Crippen LogP contribution in [-0.4, -0.2) is 17.3 Å². The van der Waals surface area contributed by atoms with Gasteiger partial charge in [-0.05, 0) is 40.5 Å². The van der Waals surface area contributed by atoms with E-state index in [2.05, 4.69) is 37.2 Å². The molecule has 1 aromatic carbocycles. The van der Waals surface area contributed by atoms with Gasteiger partial charge >= 0.3 is 0 Å². The van der Waals surface area contributed by atoms with E-state index in [9.17, 15) is 4.79 Å². The molecule has 0 bridgehead atoms. The molecule has 0 saturated carbocycles. The maximum absolute atomic E-state index is 11.8. The van der Waals surface area contributed by atoms with Gasteiger partial charge in [-0.2, -0.15) is 0 Å². The third-order valence-electron chi connectivity index (χ3n) is 2.00. The summed E-state index contributed by atoms with van der Waals surface area (Å²) in [6.45, 7) is 2.70. The summed E-state index contributed by atoms with van der Waals surface area (Å²) < 4.78 is 0.712. The van der Waals surface area contributed by atoms with Crippen molar-refractivity contribution >= 4 is 49.4 Å². The number of alkyl halides is 1. The highest BCUT2D eigenvalue weighted by Gasteiger charge is 2.09. The zero-order valence-electron chi connectivity index (χ0n) is 8.77. The second-order valence-electron chi connectivity index (χ2n) is 3.45. The van der Waals surface area contributed by atoms with Crippen LogP contribution in [-0.2, 0) is 0 Å². The first-order valence-corrected chi connectivity index (χ1v) is 6.96. The van der Waals surface area contributed by atoms with Crippen molar-refractivity contribution in [3.63, 3.8) is 0 Å². The van der Waals surface area contributed by atoms with Crippen LogP contribution in [0.1, 0.15) is 23.7 Å². The van der Waals surface area contributed by atoms with Gasteiger partial charge in [-0.15, -0.1) is 0 Å². The smallest absolute Gasteiger partial charge is 0.252 e. The fourth-order valence-corrected chi connectivity index (χ4v) is 2.25. The number of nitrogens with one attached hydrogen (secondary N) is 1. The predicted molar refractivity (Wildman–Crippen MR) is 74.5 cm³/mol. The Hall–Kier alpha value is -0.0600. The maximum atomic E-state index is 11.8. The molecule has 1 unspecified atom stereocenters. The first-order chi connectivity index (χ1) is 7.50. The number of carbonyl (C=O) groups excluding carboxylic acids is 1. The van der Waals surface area contributed by atoms with Crippen LogP contribution in [0.4, 0.5) is 0 Å². The lowest BCUT2D eigenvalue weighted by Gasteiger charge is -2.08. The van der Waals surface area contributed by atoms with Gasteiger partial charge in [-0.1, -0.05) is 34.5 Å². The number of hydrogen-bond donors (Lipinski definition) is 1. The summed E-state index contributed by atoms with van der Waals surface area (Å²) in [7, 11) is 0. The number of carbonyl (C=O) groups is 1. The van der Waals surface area contributed by atoms with E-state index in [1.54, 1.807) is 18.2 Å². The normalized spacial score (nSPS) is 12.2. The molecule has 1 rings (SSSR count). The highest BCUT2D eigenvalue weighted by atomic mass is 79.9. The van der Waals surface area contributed by atoms with Gasteiger partial charge in [0.25, 0.3) is 5.91 Å². The van der Waals surface area contributed by atoms with Gasteiger partial charge in [0.2, 0.25) is 0 Å². The molecule has 2 nitrogen and oxygen atoms in total. The first-order valence-electron chi connectivity index (χ1n) is 4.88. The summed E-state index contributed by atoms with van der Waals surface area (Å²) in [5.41, 5.74) is 0.603. The molecule has 0 heterocycles. The predicted octanol–water partition coefficient (Wildman–Crippen LogP) is 4.01. The molecule has 1 N–H and O–H groups in total. The Bertz CT molecular complexity index is 382. The molecule has 0 radical (unpaired) electrons. The average Bonchev–Trinajstić information content (AvgIpc) is 2.16. The van der Waals surface area contributed by atoms with Crippen LogP contribution in [0.2, 0.25) is 5.02 Å². The number of amides is 1. The van der Waals surface area contributed by atoms with Gasteiger partial charge in [0.05, 0.1) is 5.56 Å². The van der Waals surface area contributed by atoms with Crippen molar-refractivity contribution in [3.8, 4) is 0 Å². The largest absolute Gasteiger partial charge is 0.352 e. The Balaban J connectivity index is 2.59. The summed E-state index contributed by atoms with van der Waals surface area (Å²) in [4.78, 5) is 12.2. The summed E-state index contributed by atoms with van der Waals surface area (Å²) in [6, 6.07) is 5.12. The minimum Gasteiger partial charge on any atom is -0.352 e. The Morgan fingerprint density at radius 2 is 2.25 bits per heavy atom. The molecule has 16 heavy (non-hydrogen) atoms. The lowest BCUT2D eigenvalue weighted by molar-refractivity contribution is 0.0952. The fourth-order valence-electron chi connectivity index (χ4n) is 1.15. The van der Waals surface area contributed by atoms with Gasteiger partial charge in [0.15, 0.2) is 0 Å². The van der Waals surface area contributed by atoms with Crippen molar-refractivity contribution in [3.05, 3.63) is 33.3 Å². The topological polar surface area (TPSA) is 29.1 Å². The number of halogens is 3. The molecule has 88 valence electrons. The van der Waals surface area contributed by atoms with Gasteiger partial charge in [-0.3, -0.25) is 4.79 Å². The molecule has 0 spiro atoms. The quantitative estimate of drug-likeness (QED) is 0.799. The molecule has 0 aromatic heterocycles. The molecule has 1 atom stereocenters. The first kappa shape index (κ1) is 14.0. The van der Waals surface area contributed by atoms with E-state index in [1.165, 1.54) is 0 Å². The van der Waals surface area contributed by atoms with E-state index in [4.69, 9.17) is 11.6 Å². The van der Waals surface area contributed by atoms with Crippen LogP contribution in [0.5, 0.6) is 0 Å². The Morgan fingerprint density at radius 1 is 1.56 bits per heavy atom. The Kier molecular flexibility index (Phi) is 5.79. The zero-order valence-corrected chi connectivity index (χ0v) is 12.7. The van der Waals surface area contributed by atoms with E-state index >= 15 is 0 Å². The molecule has 0 aliphatic carbocycles. The van der Waals surface area contributed by atoms with Crippen LogP contribution in [0.15, 0.2) is 22.7 Å². The highest BCUT2D eigenvalue weighted by Crippen LogP contribution is 2.21. The molecule has 0 aliphatic rings. The monoisotopic (exact) mass is 367 g/mol. The van der Waals surface area contributed by atoms with Crippen LogP contribution in [0, 0.1) is 0 Å². The summed E-state index contributed by atoms with van der Waals surface area (Å²) in [5.74, 6) is -0.0864. The summed E-state index contributed by atoms with van der Waals surface area (Å²) in [5, 5.41) is 3.46. The SMILES string of the molecule is CC(Br)CCNC(=O)c1ccc(Cl)cc1Br. The Labute approximate surface area is 117 Å². The minimum atomic E-state index is -0.0864. The Morgan fingerprint density at radius 3 is 2.81 bits per heavy atom. The third-order valence-corrected chi connectivity index (χ3v) is 3.35. The number of rotatable bonds is 4. The van der Waals surface area contributed by atoms with Gasteiger partial charge < -0.3 is 5.32 Å². The average molecular weight is 369 g/mol. The summed E-state index contributed by atoms with van der Waals surface area (Å²) in [6.07, 6.45) is 0.900. The second kappa shape index (κ2) is 6.62. The van der Waals surface area contributed by atoms with Crippen molar-refractivity contribution in [2.75, 3.05) is 6.54 Å². The van der Waals surface area contributed by atoms with Crippen LogP contribution in [0.25, 0.3) is 0 Å². The van der Waals surface area contributed by atoms with Gasteiger partial charge in [0, 0.05) is 20.9 Å². The van der Waals surface area contributed by atoms with E-state index < -0.39 is 0 Å². The fraction of sp³-hybridized carbons (Fsp3) is 0.364.